The molecule has 0 bridgehead atoms. The van der Waals surface area contributed by atoms with Crippen molar-refractivity contribution in [2.24, 2.45) is 0 Å². The van der Waals surface area contributed by atoms with Crippen molar-refractivity contribution in [1.82, 2.24) is 0 Å². The van der Waals surface area contributed by atoms with Crippen molar-refractivity contribution in [2.45, 2.75) is 6.61 Å². The molecule has 0 aliphatic rings. The van der Waals surface area contributed by atoms with Gasteiger partial charge >= 0.3 is 5.97 Å². The Labute approximate surface area is 125 Å². The largest absolute Gasteiger partial charge is 0.496 e. The van der Waals surface area contributed by atoms with E-state index in [0.717, 1.165) is 0 Å². The van der Waals surface area contributed by atoms with Gasteiger partial charge in [0.1, 0.15) is 12.4 Å². The van der Waals surface area contributed by atoms with Gasteiger partial charge in [-0.2, -0.15) is 0 Å². The lowest BCUT2D eigenvalue weighted by Crippen LogP contribution is -2.03. The van der Waals surface area contributed by atoms with Gasteiger partial charge < -0.3 is 14.6 Å². The first kappa shape index (κ1) is 15.1. The first-order chi connectivity index (χ1) is 10.0. The highest BCUT2D eigenvalue weighted by Gasteiger charge is 2.12. The lowest BCUT2D eigenvalue weighted by molar-refractivity contribution is 0.0696. The molecule has 0 saturated heterocycles. The van der Waals surface area contributed by atoms with E-state index in [0.29, 0.717) is 11.3 Å². The minimum atomic E-state index is -1.06. The van der Waals surface area contributed by atoms with Crippen LogP contribution in [0.2, 0.25) is 5.02 Å². The van der Waals surface area contributed by atoms with Gasteiger partial charge in [-0.3, -0.25) is 0 Å². The minimum absolute atomic E-state index is 0.00900. The summed E-state index contributed by atoms with van der Waals surface area (Å²) in [4.78, 5) is 11.0. The van der Waals surface area contributed by atoms with E-state index in [-0.39, 0.29) is 22.9 Å². The van der Waals surface area contributed by atoms with E-state index in [1.54, 1.807) is 6.07 Å². The fourth-order valence-corrected chi connectivity index (χ4v) is 1.94. The minimum Gasteiger partial charge on any atom is -0.496 e. The highest BCUT2D eigenvalue weighted by atomic mass is 35.5. The van der Waals surface area contributed by atoms with Gasteiger partial charge in [-0.05, 0) is 30.3 Å². The summed E-state index contributed by atoms with van der Waals surface area (Å²) in [5, 5.41) is 8.94. The number of methoxy groups -OCH3 is 1. The lowest BCUT2D eigenvalue weighted by Gasteiger charge is -2.12. The van der Waals surface area contributed by atoms with Crippen LogP contribution in [0.3, 0.4) is 0 Å². The zero-order valence-corrected chi connectivity index (χ0v) is 11.9. The number of aromatic carboxylic acids is 1. The summed E-state index contributed by atoms with van der Waals surface area (Å²) in [6.45, 7) is -0.0401. The molecule has 0 fully saturated rings. The molecule has 1 N–H and O–H groups in total. The number of hydrogen-bond acceptors (Lipinski definition) is 3. The Morgan fingerprint density at radius 3 is 2.71 bits per heavy atom. The molecule has 2 aromatic carbocycles. The van der Waals surface area contributed by atoms with Crippen molar-refractivity contribution in [2.75, 3.05) is 7.11 Å². The van der Waals surface area contributed by atoms with Gasteiger partial charge in [0.2, 0.25) is 0 Å². The summed E-state index contributed by atoms with van der Waals surface area (Å²) in [5.74, 6) is -1.27. The van der Waals surface area contributed by atoms with Gasteiger partial charge in [0.15, 0.2) is 11.6 Å². The number of benzene rings is 2. The van der Waals surface area contributed by atoms with Crippen LogP contribution in [0.4, 0.5) is 4.39 Å². The van der Waals surface area contributed by atoms with Gasteiger partial charge in [-0.1, -0.05) is 17.7 Å². The number of rotatable bonds is 5. The monoisotopic (exact) mass is 310 g/mol. The van der Waals surface area contributed by atoms with Crippen LogP contribution >= 0.6 is 11.6 Å². The van der Waals surface area contributed by atoms with E-state index < -0.39 is 11.8 Å². The Morgan fingerprint density at radius 1 is 1.29 bits per heavy atom. The van der Waals surface area contributed by atoms with E-state index in [9.17, 15) is 9.18 Å². The topological polar surface area (TPSA) is 55.8 Å². The molecular formula is C15H12ClFO4. The van der Waals surface area contributed by atoms with Crippen LogP contribution in [0.5, 0.6) is 11.5 Å². The summed E-state index contributed by atoms with van der Waals surface area (Å²) in [5.41, 5.74) is 0.595. The second kappa shape index (κ2) is 6.45. The Hall–Kier alpha value is -2.27. The van der Waals surface area contributed by atoms with Crippen LogP contribution < -0.4 is 9.47 Å². The molecule has 0 heterocycles. The first-order valence-corrected chi connectivity index (χ1v) is 6.37. The Bertz CT molecular complexity index is 673. The molecule has 110 valence electrons. The smallest absolute Gasteiger partial charge is 0.335 e. The quantitative estimate of drug-likeness (QED) is 0.913. The van der Waals surface area contributed by atoms with Crippen LogP contribution in [0, 0.1) is 5.82 Å². The summed E-state index contributed by atoms with van der Waals surface area (Å²) in [6, 6.07) is 8.78. The second-order valence-electron chi connectivity index (χ2n) is 4.17. The Kier molecular flexibility index (Phi) is 4.65. The molecule has 0 aliphatic heterocycles. The Balaban J connectivity index is 2.24. The summed E-state index contributed by atoms with van der Waals surface area (Å²) >= 11 is 5.66. The van der Waals surface area contributed by atoms with E-state index >= 15 is 0 Å². The normalized spacial score (nSPS) is 10.2. The molecule has 0 unspecified atom stereocenters. The maximum Gasteiger partial charge on any atom is 0.335 e. The maximum atomic E-state index is 13.7. The second-order valence-corrected chi connectivity index (χ2v) is 4.58. The van der Waals surface area contributed by atoms with Gasteiger partial charge in [-0.15, -0.1) is 0 Å². The third-order valence-electron chi connectivity index (χ3n) is 2.83. The van der Waals surface area contributed by atoms with Gasteiger partial charge in [0.05, 0.1) is 17.7 Å². The maximum absolute atomic E-state index is 13.7. The van der Waals surface area contributed by atoms with Crippen LogP contribution in [0.15, 0.2) is 36.4 Å². The SMILES string of the molecule is COc1ccc(C(=O)O)cc1COc1cccc(Cl)c1F. The molecule has 0 aromatic heterocycles. The number of hydrogen-bond donors (Lipinski definition) is 1. The molecule has 21 heavy (non-hydrogen) atoms. The molecular weight excluding hydrogens is 299 g/mol. The number of carbonyl (C=O) groups is 1. The molecule has 6 heteroatoms. The van der Waals surface area contributed by atoms with Crippen molar-refractivity contribution < 1.29 is 23.8 Å². The lowest BCUT2D eigenvalue weighted by atomic mass is 10.1. The number of carboxylic acid groups (broad SMARTS) is 1. The van der Waals surface area contributed by atoms with Crippen LogP contribution in [0.1, 0.15) is 15.9 Å². The summed E-state index contributed by atoms with van der Waals surface area (Å²) in [7, 11) is 1.46. The third kappa shape index (κ3) is 3.44. The van der Waals surface area contributed by atoms with E-state index in [2.05, 4.69) is 0 Å². The van der Waals surface area contributed by atoms with Crippen LogP contribution in [0.25, 0.3) is 0 Å². The predicted octanol–water partition coefficient (Wildman–Crippen LogP) is 3.76. The highest BCUT2D eigenvalue weighted by Crippen LogP contribution is 2.27. The zero-order valence-electron chi connectivity index (χ0n) is 11.1. The molecule has 0 aliphatic carbocycles. The third-order valence-corrected chi connectivity index (χ3v) is 3.12. The zero-order chi connectivity index (χ0) is 15.4. The highest BCUT2D eigenvalue weighted by molar-refractivity contribution is 6.30. The van der Waals surface area contributed by atoms with Crippen molar-refractivity contribution in [3.05, 3.63) is 58.4 Å². The molecule has 0 radical (unpaired) electrons. The van der Waals surface area contributed by atoms with E-state index in [1.165, 1.54) is 37.4 Å². The summed E-state index contributed by atoms with van der Waals surface area (Å²) in [6.07, 6.45) is 0. The van der Waals surface area contributed by atoms with Crippen LogP contribution in [-0.4, -0.2) is 18.2 Å². The van der Waals surface area contributed by atoms with Crippen LogP contribution in [-0.2, 0) is 6.61 Å². The fourth-order valence-electron chi connectivity index (χ4n) is 1.78. The standard InChI is InChI=1S/C15H12ClFO4/c1-20-12-6-5-9(15(18)19)7-10(12)8-21-13-4-2-3-11(16)14(13)17/h2-7H,8H2,1H3,(H,18,19). The van der Waals surface area contributed by atoms with Crippen molar-refractivity contribution >= 4 is 17.6 Å². The van der Waals surface area contributed by atoms with Gasteiger partial charge in [-0.25, -0.2) is 9.18 Å². The molecule has 0 saturated carbocycles. The molecule has 0 spiro atoms. The van der Waals surface area contributed by atoms with Gasteiger partial charge in [0, 0.05) is 5.56 Å². The molecule has 2 aromatic rings. The molecule has 0 atom stereocenters. The van der Waals surface area contributed by atoms with Crippen molar-refractivity contribution in [1.29, 1.82) is 0 Å². The average Bonchev–Trinajstić information content (AvgIpc) is 2.48. The number of ether oxygens (including phenoxy) is 2. The number of halogens is 2. The van der Waals surface area contributed by atoms with Gasteiger partial charge in [0.25, 0.3) is 0 Å². The van der Waals surface area contributed by atoms with E-state index in [4.69, 9.17) is 26.2 Å². The van der Waals surface area contributed by atoms with Crippen molar-refractivity contribution in [3.63, 3.8) is 0 Å². The Morgan fingerprint density at radius 2 is 2.05 bits per heavy atom. The summed E-state index contributed by atoms with van der Waals surface area (Å²) < 4.78 is 24.2. The first-order valence-electron chi connectivity index (χ1n) is 6.00. The van der Waals surface area contributed by atoms with Crippen molar-refractivity contribution in [3.8, 4) is 11.5 Å². The average molecular weight is 311 g/mol. The molecule has 4 nitrogen and oxygen atoms in total. The predicted molar refractivity (Wildman–Crippen MR) is 75.7 cm³/mol. The fraction of sp³-hybridized carbons (Fsp3) is 0.133. The molecule has 2 rings (SSSR count). The number of carboxylic acids is 1. The molecule has 0 amide bonds. The van der Waals surface area contributed by atoms with E-state index in [1.807, 2.05) is 0 Å².